The van der Waals surface area contributed by atoms with Crippen LogP contribution in [-0.2, 0) is 6.54 Å². The normalized spacial score (nSPS) is 10.6. The van der Waals surface area contributed by atoms with Crippen LogP contribution in [0.1, 0.15) is 41.8 Å². The van der Waals surface area contributed by atoms with E-state index >= 15 is 0 Å². The smallest absolute Gasteiger partial charge is 0.252 e. The van der Waals surface area contributed by atoms with Crippen molar-refractivity contribution in [3.05, 3.63) is 59.4 Å². The molecule has 0 radical (unpaired) electrons. The molecule has 0 aliphatic heterocycles. The summed E-state index contributed by atoms with van der Waals surface area (Å²) in [5.41, 5.74) is 3.88. The number of nitrogens with zero attached hydrogens (tertiary/aromatic N) is 1. The molecule has 1 amide bonds. The van der Waals surface area contributed by atoms with Crippen LogP contribution in [0.4, 0.5) is 5.69 Å². The highest BCUT2D eigenvalue weighted by molar-refractivity contribution is 5.94. The highest BCUT2D eigenvalue weighted by Crippen LogP contribution is 2.11. The van der Waals surface area contributed by atoms with Crippen LogP contribution >= 0.6 is 0 Å². The van der Waals surface area contributed by atoms with E-state index in [1.807, 2.05) is 6.07 Å². The Hall–Kier alpha value is -2.36. The first-order chi connectivity index (χ1) is 11.0. The zero-order chi connectivity index (χ0) is 16.7. The van der Waals surface area contributed by atoms with Crippen LogP contribution in [0.5, 0.6) is 0 Å². The summed E-state index contributed by atoms with van der Waals surface area (Å²) >= 11 is 0. The lowest BCUT2D eigenvalue weighted by Gasteiger charge is -2.10. The summed E-state index contributed by atoms with van der Waals surface area (Å²) in [6, 6.07) is 10.2. The lowest BCUT2D eigenvalue weighted by molar-refractivity contribution is 0.0951. The summed E-state index contributed by atoms with van der Waals surface area (Å²) in [6.07, 6.45) is 4.31. The largest absolute Gasteiger partial charge is 0.380 e. The summed E-state index contributed by atoms with van der Waals surface area (Å²) in [6.45, 7) is 7.76. The molecule has 0 unspecified atom stereocenters. The molecule has 0 saturated carbocycles. The minimum atomic E-state index is -0.0721. The molecule has 4 heteroatoms. The van der Waals surface area contributed by atoms with Crippen molar-refractivity contribution in [2.24, 2.45) is 5.92 Å². The number of carbonyl (C=O) groups excluding carboxylic acids is 1. The molecule has 0 aliphatic rings. The van der Waals surface area contributed by atoms with Gasteiger partial charge in [0.05, 0.1) is 11.3 Å². The topological polar surface area (TPSA) is 54.0 Å². The van der Waals surface area contributed by atoms with Crippen molar-refractivity contribution < 1.29 is 4.79 Å². The minimum absolute atomic E-state index is 0.0721. The highest BCUT2D eigenvalue weighted by atomic mass is 16.1. The van der Waals surface area contributed by atoms with E-state index in [1.165, 1.54) is 11.1 Å². The second-order valence-electron chi connectivity index (χ2n) is 6.24. The third-order valence-corrected chi connectivity index (χ3v) is 3.62. The van der Waals surface area contributed by atoms with Gasteiger partial charge in [0.25, 0.3) is 5.91 Å². The molecule has 0 fully saturated rings. The molecule has 0 spiro atoms. The van der Waals surface area contributed by atoms with Gasteiger partial charge in [0.2, 0.25) is 0 Å². The molecule has 0 bridgehead atoms. The Bertz CT molecular complexity index is 635. The molecular weight excluding hydrogens is 286 g/mol. The van der Waals surface area contributed by atoms with Gasteiger partial charge in [-0.05, 0) is 30.9 Å². The summed E-state index contributed by atoms with van der Waals surface area (Å²) < 4.78 is 0. The quantitative estimate of drug-likeness (QED) is 0.818. The molecule has 122 valence electrons. The van der Waals surface area contributed by atoms with Gasteiger partial charge in [-0.1, -0.05) is 43.7 Å². The van der Waals surface area contributed by atoms with Crippen LogP contribution in [-0.4, -0.2) is 17.4 Å². The Labute approximate surface area is 138 Å². The summed E-state index contributed by atoms with van der Waals surface area (Å²) in [7, 11) is 0. The SMILES string of the molecule is Cc1ccc(CNc2cncc(C(=O)NCCC(C)C)c2)cc1. The Morgan fingerprint density at radius 3 is 2.61 bits per heavy atom. The predicted octanol–water partition coefficient (Wildman–Crippen LogP) is 3.78. The highest BCUT2D eigenvalue weighted by Gasteiger charge is 2.07. The van der Waals surface area contributed by atoms with Crippen LogP contribution in [0.15, 0.2) is 42.7 Å². The number of benzene rings is 1. The lowest BCUT2D eigenvalue weighted by Crippen LogP contribution is -2.25. The molecule has 2 N–H and O–H groups in total. The molecule has 1 aromatic carbocycles. The van der Waals surface area contributed by atoms with Crippen molar-refractivity contribution >= 4 is 11.6 Å². The lowest BCUT2D eigenvalue weighted by atomic mass is 10.1. The van der Waals surface area contributed by atoms with Gasteiger partial charge < -0.3 is 10.6 Å². The number of hydrogen-bond donors (Lipinski definition) is 2. The van der Waals surface area contributed by atoms with Crippen LogP contribution in [0, 0.1) is 12.8 Å². The van der Waals surface area contributed by atoms with Crippen molar-refractivity contribution in [3.63, 3.8) is 0 Å². The third kappa shape index (κ3) is 5.74. The van der Waals surface area contributed by atoms with Crippen molar-refractivity contribution in [1.29, 1.82) is 0 Å². The van der Waals surface area contributed by atoms with Crippen molar-refractivity contribution in [2.45, 2.75) is 33.7 Å². The second kappa shape index (κ2) is 8.32. The van der Waals surface area contributed by atoms with Crippen molar-refractivity contribution in [2.75, 3.05) is 11.9 Å². The number of anilines is 1. The Kier molecular flexibility index (Phi) is 6.15. The fourth-order valence-corrected chi connectivity index (χ4v) is 2.15. The second-order valence-corrected chi connectivity index (χ2v) is 6.24. The molecule has 1 aromatic heterocycles. The Morgan fingerprint density at radius 2 is 1.91 bits per heavy atom. The van der Waals surface area contributed by atoms with Gasteiger partial charge in [-0.25, -0.2) is 0 Å². The molecule has 0 saturated heterocycles. The fourth-order valence-electron chi connectivity index (χ4n) is 2.15. The van der Waals surface area contributed by atoms with E-state index in [4.69, 9.17) is 0 Å². The minimum Gasteiger partial charge on any atom is -0.380 e. The number of aromatic nitrogens is 1. The number of carbonyl (C=O) groups is 1. The van der Waals surface area contributed by atoms with E-state index in [0.717, 1.165) is 12.1 Å². The first kappa shape index (κ1) is 17.0. The van der Waals surface area contributed by atoms with Gasteiger partial charge in [0.1, 0.15) is 0 Å². The molecule has 0 atom stereocenters. The van der Waals surface area contributed by atoms with Gasteiger partial charge in [-0.3, -0.25) is 9.78 Å². The van der Waals surface area contributed by atoms with Crippen molar-refractivity contribution in [1.82, 2.24) is 10.3 Å². The maximum Gasteiger partial charge on any atom is 0.252 e. The van der Waals surface area contributed by atoms with Crippen LogP contribution in [0.3, 0.4) is 0 Å². The van der Waals surface area contributed by atoms with Crippen LogP contribution in [0.2, 0.25) is 0 Å². The average Bonchev–Trinajstić information content (AvgIpc) is 2.54. The number of amides is 1. The summed E-state index contributed by atoms with van der Waals surface area (Å²) in [5, 5.41) is 6.24. The van der Waals surface area contributed by atoms with E-state index in [1.54, 1.807) is 12.4 Å². The molecule has 4 nitrogen and oxygen atoms in total. The Morgan fingerprint density at radius 1 is 1.17 bits per heavy atom. The maximum absolute atomic E-state index is 12.1. The summed E-state index contributed by atoms with van der Waals surface area (Å²) in [4.78, 5) is 16.3. The molecule has 0 aliphatic carbocycles. The number of aryl methyl sites for hydroxylation is 1. The molecule has 2 rings (SSSR count). The first-order valence-corrected chi connectivity index (χ1v) is 8.07. The third-order valence-electron chi connectivity index (χ3n) is 3.62. The van der Waals surface area contributed by atoms with E-state index in [9.17, 15) is 4.79 Å². The number of rotatable bonds is 7. The van der Waals surface area contributed by atoms with Crippen molar-refractivity contribution in [3.8, 4) is 0 Å². The zero-order valence-corrected chi connectivity index (χ0v) is 14.1. The van der Waals surface area contributed by atoms with Gasteiger partial charge in [0.15, 0.2) is 0 Å². The van der Waals surface area contributed by atoms with E-state index in [-0.39, 0.29) is 5.91 Å². The van der Waals surface area contributed by atoms with Gasteiger partial charge in [-0.15, -0.1) is 0 Å². The fraction of sp³-hybridized carbons (Fsp3) is 0.368. The van der Waals surface area contributed by atoms with Gasteiger partial charge in [-0.2, -0.15) is 0 Å². The molecule has 2 aromatic rings. The van der Waals surface area contributed by atoms with Crippen LogP contribution in [0.25, 0.3) is 0 Å². The number of hydrogen-bond acceptors (Lipinski definition) is 3. The maximum atomic E-state index is 12.1. The standard InChI is InChI=1S/C19H25N3O/c1-14(2)8-9-21-19(23)17-10-18(13-20-12-17)22-11-16-6-4-15(3)5-7-16/h4-7,10,12-14,22H,8-9,11H2,1-3H3,(H,21,23). The predicted molar refractivity (Wildman–Crippen MR) is 94.5 cm³/mol. The molecule has 1 heterocycles. The van der Waals surface area contributed by atoms with Crippen LogP contribution < -0.4 is 10.6 Å². The molecule has 23 heavy (non-hydrogen) atoms. The average molecular weight is 311 g/mol. The number of nitrogens with one attached hydrogen (secondary N) is 2. The van der Waals surface area contributed by atoms with Gasteiger partial charge >= 0.3 is 0 Å². The number of pyridine rings is 1. The zero-order valence-electron chi connectivity index (χ0n) is 14.1. The molecular formula is C19H25N3O. The Balaban J connectivity index is 1.91. The van der Waals surface area contributed by atoms with E-state index in [0.29, 0.717) is 24.6 Å². The van der Waals surface area contributed by atoms with E-state index in [2.05, 4.69) is 60.7 Å². The van der Waals surface area contributed by atoms with E-state index < -0.39 is 0 Å². The first-order valence-electron chi connectivity index (χ1n) is 8.07. The monoisotopic (exact) mass is 311 g/mol. The van der Waals surface area contributed by atoms with Gasteiger partial charge in [0, 0.05) is 25.5 Å². The summed E-state index contributed by atoms with van der Waals surface area (Å²) in [5.74, 6) is 0.507.